The lowest BCUT2D eigenvalue weighted by molar-refractivity contribution is -0.112. The molecule has 0 radical (unpaired) electrons. The van der Waals surface area contributed by atoms with E-state index in [-0.39, 0.29) is 35.5 Å². The van der Waals surface area contributed by atoms with Crippen molar-refractivity contribution in [1.82, 2.24) is 0 Å². The zero-order chi connectivity index (χ0) is 27.0. The van der Waals surface area contributed by atoms with Gasteiger partial charge in [-0.25, -0.2) is 4.39 Å². The molecule has 0 fully saturated rings. The van der Waals surface area contributed by atoms with Gasteiger partial charge in [-0.1, -0.05) is 26.0 Å². The lowest BCUT2D eigenvalue weighted by Gasteiger charge is -2.30. The number of carbonyl (C=O) groups excluding carboxylic acids is 1. The maximum Gasteiger partial charge on any atom is 0.250 e. The molecule has 6 atom stereocenters. The molecule has 3 N–H and O–H groups in total. The Labute approximate surface area is 214 Å². The molecule has 0 spiro atoms. The number of hydrogen-bond donors (Lipinski definition) is 3. The lowest BCUT2D eigenvalue weighted by atomic mass is 9.88. The van der Waals surface area contributed by atoms with Gasteiger partial charge in [0.15, 0.2) is 11.6 Å². The van der Waals surface area contributed by atoms with Crippen molar-refractivity contribution in [3.63, 3.8) is 0 Å². The molecule has 202 valence electrons. The number of aromatic hydroxyl groups is 1. The maximum absolute atomic E-state index is 14.7. The van der Waals surface area contributed by atoms with E-state index in [2.05, 4.69) is 5.32 Å². The lowest BCUT2D eigenvalue weighted by Crippen LogP contribution is -2.36. The topological polar surface area (TPSA) is 97.3 Å². The number of phenols is 1. The minimum atomic E-state index is -0.789. The number of carbonyl (C=O) groups is 1. The fourth-order valence-corrected chi connectivity index (χ4v) is 4.88. The number of methoxy groups -OCH3 is 3. The van der Waals surface area contributed by atoms with E-state index in [9.17, 15) is 19.4 Å². The number of aliphatic hydroxyl groups excluding tert-OH is 1. The number of nitrogens with one attached hydrogen (secondary N) is 1. The molecule has 1 aliphatic rings. The van der Waals surface area contributed by atoms with Gasteiger partial charge in [-0.05, 0) is 62.7 Å². The van der Waals surface area contributed by atoms with E-state index in [1.807, 2.05) is 32.9 Å². The Morgan fingerprint density at radius 2 is 1.72 bits per heavy atom. The highest BCUT2D eigenvalue weighted by Gasteiger charge is 2.28. The zero-order valence-electron chi connectivity index (χ0n) is 22.5. The first-order valence-corrected chi connectivity index (χ1v) is 12.5. The smallest absolute Gasteiger partial charge is 0.250 e. The molecule has 36 heavy (non-hydrogen) atoms. The fourth-order valence-electron chi connectivity index (χ4n) is 4.88. The van der Waals surface area contributed by atoms with Crippen molar-refractivity contribution in [2.24, 2.45) is 11.8 Å². The van der Waals surface area contributed by atoms with Gasteiger partial charge in [0.2, 0.25) is 0 Å². The Bertz CT molecular complexity index is 946. The maximum atomic E-state index is 14.7. The highest BCUT2D eigenvalue weighted by molar-refractivity contribution is 6.03. The summed E-state index contributed by atoms with van der Waals surface area (Å²) in [6, 6.07) is 2.75. The molecule has 7 nitrogen and oxygen atoms in total. The van der Waals surface area contributed by atoms with E-state index >= 15 is 0 Å². The van der Waals surface area contributed by atoms with Gasteiger partial charge >= 0.3 is 0 Å². The van der Waals surface area contributed by atoms with Crippen LogP contribution in [0.1, 0.15) is 52.5 Å². The molecule has 1 aromatic rings. The molecule has 1 aliphatic heterocycles. The third kappa shape index (κ3) is 7.87. The first-order chi connectivity index (χ1) is 17.0. The SMILES string of the molecule is CO[C@H]1C[C@H](C)Cc2cc(cc(O)c2F)NC(=O)/C(C)=C/CC[C@H](OC)[C@@H](OC)/C(C)=C/[C@H](C)[C@H]1O. The Balaban J connectivity index is 2.47. The highest BCUT2D eigenvalue weighted by Crippen LogP contribution is 2.30. The van der Waals surface area contributed by atoms with E-state index in [0.29, 0.717) is 36.9 Å². The molecule has 0 unspecified atom stereocenters. The first-order valence-electron chi connectivity index (χ1n) is 12.5. The Kier molecular flexibility index (Phi) is 11.6. The van der Waals surface area contributed by atoms with Gasteiger partial charge in [0, 0.05) is 44.6 Å². The number of amides is 1. The molecule has 2 bridgehead atoms. The van der Waals surface area contributed by atoms with Crippen LogP contribution in [0.2, 0.25) is 0 Å². The largest absolute Gasteiger partial charge is 0.505 e. The Morgan fingerprint density at radius 3 is 2.33 bits per heavy atom. The zero-order valence-corrected chi connectivity index (χ0v) is 22.5. The second-order valence-corrected chi connectivity index (χ2v) is 9.90. The molecular weight excluding hydrogens is 465 g/mol. The number of allylic oxidation sites excluding steroid dienone is 1. The Morgan fingerprint density at radius 1 is 1.06 bits per heavy atom. The normalized spacial score (nSPS) is 32.2. The molecular formula is C28H42FNO6. The van der Waals surface area contributed by atoms with Gasteiger partial charge in [-0.2, -0.15) is 0 Å². The van der Waals surface area contributed by atoms with Gasteiger partial charge in [0.05, 0.1) is 18.3 Å². The van der Waals surface area contributed by atoms with Crippen LogP contribution in [0.3, 0.4) is 0 Å². The molecule has 8 heteroatoms. The summed E-state index contributed by atoms with van der Waals surface area (Å²) >= 11 is 0. The number of benzene rings is 1. The molecule has 0 aromatic heterocycles. The van der Waals surface area contributed by atoms with E-state index < -0.39 is 23.8 Å². The quantitative estimate of drug-likeness (QED) is 0.510. The van der Waals surface area contributed by atoms with Gasteiger partial charge in [-0.15, -0.1) is 0 Å². The van der Waals surface area contributed by atoms with Crippen LogP contribution in [0, 0.1) is 17.7 Å². The molecule has 0 saturated carbocycles. The van der Waals surface area contributed by atoms with Crippen LogP contribution in [0.15, 0.2) is 35.4 Å². The van der Waals surface area contributed by atoms with Crippen LogP contribution < -0.4 is 5.32 Å². The van der Waals surface area contributed by atoms with Crippen LogP contribution >= 0.6 is 0 Å². The van der Waals surface area contributed by atoms with Crippen molar-refractivity contribution in [1.29, 1.82) is 0 Å². The summed E-state index contributed by atoms with van der Waals surface area (Å²) in [5.74, 6) is -1.87. The third-order valence-corrected chi connectivity index (χ3v) is 6.94. The number of fused-ring (bicyclic) bond motifs is 2. The van der Waals surface area contributed by atoms with Gasteiger partial charge in [0.1, 0.15) is 6.10 Å². The van der Waals surface area contributed by atoms with Crippen molar-refractivity contribution < 1.29 is 33.6 Å². The number of halogens is 1. The number of ether oxygens (including phenoxy) is 3. The Hall–Kier alpha value is -2.26. The minimum Gasteiger partial charge on any atom is -0.505 e. The summed E-state index contributed by atoms with van der Waals surface area (Å²) in [6.07, 6.45) is 3.93. The van der Waals surface area contributed by atoms with Crippen molar-refractivity contribution >= 4 is 11.6 Å². The van der Waals surface area contributed by atoms with Crippen LogP contribution in [0.5, 0.6) is 5.75 Å². The van der Waals surface area contributed by atoms with Gasteiger partial charge in [-0.3, -0.25) is 4.79 Å². The molecule has 0 aliphatic carbocycles. The second kappa shape index (κ2) is 13.9. The third-order valence-electron chi connectivity index (χ3n) is 6.94. The van der Waals surface area contributed by atoms with E-state index in [0.717, 1.165) is 5.57 Å². The summed E-state index contributed by atoms with van der Waals surface area (Å²) in [5.41, 5.74) is 2.04. The number of aliphatic hydroxyl groups is 1. The van der Waals surface area contributed by atoms with Crippen molar-refractivity contribution in [3.05, 3.63) is 46.8 Å². The van der Waals surface area contributed by atoms with E-state index in [4.69, 9.17) is 14.2 Å². The fraction of sp³-hybridized carbons (Fsp3) is 0.607. The average Bonchev–Trinajstić information content (AvgIpc) is 2.83. The summed E-state index contributed by atoms with van der Waals surface area (Å²) in [4.78, 5) is 12.7. The average molecular weight is 508 g/mol. The number of rotatable bonds is 3. The summed E-state index contributed by atoms with van der Waals surface area (Å²) in [7, 11) is 4.81. The number of phenolic OH excluding ortho intramolecular Hbond substituents is 1. The van der Waals surface area contributed by atoms with E-state index in [1.54, 1.807) is 34.3 Å². The minimum absolute atomic E-state index is 0.0740. The predicted molar refractivity (Wildman–Crippen MR) is 138 cm³/mol. The molecule has 1 heterocycles. The molecule has 1 amide bonds. The van der Waals surface area contributed by atoms with Crippen molar-refractivity contribution in [2.45, 2.75) is 77.8 Å². The number of hydrogen-bond acceptors (Lipinski definition) is 6. The van der Waals surface area contributed by atoms with Crippen LogP contribution in [0.4, 0.5) is 10.1 Å². The number of anilines is 1. The molecule has 2 rings (SSSR count). The highest BCUT2D eigenvalue weighted by atomic mass is 19.1. The van der Waals surface area contributed by atoms with Gasteiger partial charge < -0.3 is 29.7 Å². The van der Waals surface area contributed by atoms with Crippen molar-refractivity contribution in [3.8, 4) is 5.75 Å². The molecule has 0 saturated heterocycles. The van der Waals surface area contributed by atoms with Crippen LogP contribution in [-0.2, 0) is 25.4 Å². The summed E-state index contributed by atoms with van der Waals surface area (Å²) < 4.78 is 31.8. The van der Waals surface area contributed by atoms with E-state index in [1.165, 1.54) is 6.07 Å². The first kappa shape index (κ1) is 30.0. The van der Waals surface area contributed by atoms with Crippen LogP contribution in [0.25, 0.3) is 0 Å². The van der Waals surface area contributed by atoms with Crippen molar-refractivity contribution in [2.75, 3.05) is 26.6 Å². The monoisotopic (exact) mass is 507 g/mol. The van der Waals surface area contributed by atoms with Crippen LogP contribution in [-0.4, -0.2) is 61.9 Å². The van der Waals surface area contributed by atoms with Gasteiger partial charge in [0.25, 0.3) is 5.91 Å². The predicted octanol–water partition coefficient (Wildman–Crippen LogP) is 4.77. The molecule has 1 aromatic carbocycles. The summed E-state index contributed by atoms with van der Waals surface area (Å²) in [6.45, 7) is 7.52. The second-order valence-electron chi connectivity index (χ2n) is 9.90. The summed E-state index contributed by atoms with van der Waals surface area (Å²) in [5, 5.41) is 24.0. The standard InChI is InChI=1S/C28H42FNO6/c1-16-11-20-14-21(15-22(31)25(20)29)30-28(33)17(2)9-8-10-23(34-5)27(36-7)19(4)13-18(3)26(32)24(12-16)35-6/h9,13-16,18,23-24,26-27,31-32H,8,10-12H2,1-7H3,(H,30,33)/b17-9+,19-13+/t16-,18+,23+,24+,26-,27+/m1/s1.